The van der Waals surface area contributed by atoms with E-state index in [9.17, 15) is 0 Å². The van der Waals surface area contributed by atoms with Crippen molar-refractivity contribution >= 4 is 0 Å². The van der Waals surface area contributed by atoms with E-state index in [1.807, 2.05) is 27.7 Å². The summed E-state index contributed by atoms with van der Waals surface area (Å²) in [5.74, 6) is 0. The standard InChI is InChI=1S/C12H26O2.C11H24O2.2CH4/c1-9(2)13-11(5,6)12(7,8)14-10(3)4;1-9(2)12-7-11(5,6)8-13-10(3)4;;/h9-10H,1-8H3;9-10H,7-8H2,1-6H3;2*1H4. The van der Waals surface area contributed by atoms with Crippen LogP contribution in [-0.4, -0.2) is 48.8 Å². The zero-order valence-electron chi connectivity index (χ0n) is 20.9. The molecule has 0 saturated heterocycles. The summed E-state index contributed by atoms with van der Waals surface area (Å²) in [7, 11) is 0. The van der Waals surface area contributed by atoms with Crippen LogP contribution in [0, 0.1) is 5.41 Å². The summed E-state index contributed by atoms with van der Waals surface area (Å²) in [5, 5.41) is 0. The predicted molar refractivity (Wildman–Crippen MR) is 130 cm³/mol. The first-order valence-corrected chi connectivity index (χ1v) is 10.5. The van der Waals surface area contributed by atoms with Gasteiger partial charge in [0, 0.05) is 5.41 Å². The first kappa shape index (κ1) is 36.2. The average molecular weight is 423 g/mol. The first-order valence-electron chi connectivity index (χ1n) is 10.5. The van der Waals surface area contributed by atoms with Crippen molar-refractivity contribution in [3.05, 3.63) is 0 Å². The van der Waals surface area contributed by atoms with Gasteiger partial charge in [-0.05, 0) is 83.1 Å². The van der Waals surface area contributed by atoms with E-state index < -0.39 is 0 Å². The molecular formula is C25H58O4. The second-order valence-electron chi connectivity index (χ2n) is 10.2. The fourth-order valence-corrected chi connectivity index (χ4v) is 2.29. The number of ether oxygens (including phenoxy) is 4. The summed E-state index contributed by atoms with van der Waals surface area (Å²) in [5.41, 5.74) is -0.425. The van der Waals surface area contributed by atoms with E-state index in [0.29, 0.717) is 12.2 Å². The van der Waals surface area contributed by atoms with Crippen LogP contribution < -0.4 is 0 Å². The fraction of sp³-hybridized carbons (Fsp3) is 1.00. The van der Waals surface area contributed by atoms with Crippen molar-refractivity contribution in [1.29, 1.82) is 0 Å². The Labute approximate surface area is 185 Å². The van der Waals surface area contributed by atoms with Crippen molar-refractivity contribution in [2.75, 3.05) is 13.2 Å². The first-order chi connectivity index (χ1) is 11.9. The van der Waals surface area contributed by atoms with Gasteiger partial charge < -0.3 is 18.9 Å². The third kappa shape index (κ3) is 19.5. The number of hydrogen-bond donors (Lipinski definition) is 0. The van der Waals surface area contributed by atoms with E-state index in [0.717, 1.165) is 13.2 Å². The Kier molecular flexibility index (Phi) is 19.5. The van der Waals surface area contributed by atoms with Crippen LogP contribution in [0.4, 0.5) is 0 Å². The van der Waals surface area contributed by atoms with Crippen molar-refractivity contribution in [1.82, 2.24) is 0 Å². The molecule has 0 unspecified atom stereocenters. The SMILES string of the molecule is C.C.CC(C)OC(C)(C)C(C)(C)OC(C)C.CC(C)OCC(C)(C)COC(C)C. The normalized spacial score (nSPS) is 12.6. The number of hydrogen-bond acceptors (Lipinski definition) is 4. The Balaban J connectivity index is -0.000000202. The summed E-state index contributed by atoms with van der Waals surface area (Å²) in [4.78, 5) is 0. The molecule has 0 aliphatic heterocycles. The Bertz CT molecular complexity index is 335. The quantitative estimate of drug-likeness (QED) is 0.345. The van der Waals surface area contributed by atoms with Crippen molar-refractivity contribution in [3.63, 3.8) is 0 Å². The van der Waals surface area contributed by atoms with Crippen molar-refractivity contribution in [3.8, 4) is 0 Å². The van der Waals surface area contributed by atoms with Gasteiger partial charge in [-0.3, -0.25) is 0 Å². The molecule has 0 atom stereocenters. The topological polar surface area (TPSA) is 36.9 Å². The molecule has 0 radical (unpaired) electrons. The molecule has 0 aromatic rings. The molecule has 0 aromatic heterocycles. The van der Waals surface area contributed by atoms with Gasteiger partial charge in [-0.25, -0.2) is 0 Å². The van der Waals surface area contributed by atoms with E-state index in [4.69, 9.17) is 18.9 Å². The summed E-state index contributed by atoms with van der Waals surface area (Å²) in [6, 6.07) is 0. The van der Waals surface area contributed by atoms with Crippen LogP contribution in [0.5, 0.6) is 0 Å². The van der Waals surface area contributed by atoms with Gasteiger partial charge in [0.15, 0.2) is 0 Å². The zero-order valence-corrected chi connectivity index (χ0v) is 20.9. The largest absolute Gasteiger partial charge is 0.378 e. The fourth-order valence-electron chi connectivity index (χ4n) is 2.29. The van der Waals surface area contributed by atoms with Crippen molar-refractivity contribution in [2.24, 2.45) is 5.41 Å². The van der Waals surface area contributed by atoms with Crippen LogP contribution in [0.3, 0.4) is 0 Å². The van der Waals surface area contributed by atoms with Crippen molar-refractivity contribution < 1.29 is 18.9 Å². The van der Waals surface area contributed by atoms with Gasteiger partial charge >= 0.3 is 0 Å². The maximum absolute atomic E-state index is 5.88. The Hall–Kier alpha value is -0.160. The molecule has 182 valence electrons. The Morgan fingerprint density at radius 1 is 0.483 bits per heavy atom. The molecule has 29 heavy (non-hydrogen) atoms. The Morgan fingerprint density at radius 3 is 0.897 bits per heavy atom. The molecule has 0 bridgehead atoms. The molecule has 0 rings (SSSR count). The highest BCUT2D eigenvalue weighted by Gasteiger charge is 2.40. The maximum atomic E-state index is 5.88. The third-order valence-corrected chi connectivity index (χ3v) is 4.13. The second-order valence-corrected chi connectivity index (χ2v) is 10.2. The molecule has 0 fully saturated rings. The second kappa shape index (κ2) is 15.6. The van der Waals surface area contributed by atoms with Crippen LogP contribution in [0.15, 0.2) is 0 Å². The van der Waals surface area contributed by atoms with Crippen LogP contribution in [0.2, 0.25) is 0 Å². The molecule has 0 spiro atoms. The molecule has 0 aliphatic rings. The monoisotopic (exact) mass is 422 g/mol. The van der Waals surface area contributed by atoms with Crippen LogP contribution in [-0.2, 0) is 18.9 Å². The van der Waals surface area contributed by atoms with Gasteiger partial charge in [0.2, 0.25) is 0 Å². The smallest absolute Gasteiger partial charge is 0.0913 e. The molecule has 0 N–H and O–H groups in total. The lowest BCUT2D eigenvalue weighted by Crippen LogP contribution is -2.51. The highest BCUT2D eigenvalue weighted by atomic mass is 16.6. The minimum absolute atomic E-state index is 0. The van der Waals surface area contributed by atoms with Crippen LogP contribution in [0.25, 0.3) is 0 Å². The Morgan fingerprint density at radius 2 is 0.724 bits per heavy atom. The summed E-state index contributed by atoms with van der Waals surface area (Å²) >= 11 is 0. The average Bonchev–Trinajstić information content (AvgIpc) is 2.41. The zero-order chi connectivity index (χ0) is 22.1. The van der Waals surface area contributed by atoms with Gasteiger partial charge in [-0.15, -0.1) is 0 Å². The highest BCUT2D eigenvalue weighted by molar-refractivity contribution is 4.90. The molecule has 0 amide bonds. The minimum Gasteiger partial charge on any atom is -0.378 e. The van der Waals surface area contributed by atoms with Crippen molar-refractivity contribution in [2.45, 2.75) is 147 Å². The van der Waals surface area contributed by atoms with Gasteiger partial charge in [0.1, 0.15) is 0 Å². The lowest BCUT2D eigenvalue weighted by atomic mass is 9.88. The lowest BCUT2D eigenvalue weighted by Gasteiger charge is -2.43. The predicted octanol–water partition coefficient (Wildman–Crippen LogP) is 7.53. The minimum atomic E-state index is -0.272. The summed E-state index contributed by atoms with van der Waals surface area (Å²) < 4.78 is 22.9. The van der Waals surface area contributed by atoms with E-state index in [2.05, 4.69) is 69.2 Å². The molecule has 0 aromatic carbocycles. The van der Waals surface area contributed by atoms with E-state index >= 15 is 0 Å². The van der Waals surface area contributed by atoms with E-state index in [1.165, 1.54) is 0 Å². The van der Waals surface area contributed by atoms with Gasteiger partial charge in [-0.2, -0.15) is 0 Å². The molecule has 0 aliphatic carbocycles. The summed E-state index contributed by atoms with van der Waals surface area (Å²) in [6.45, 7) is 30.6. The molecule has 4 nitrogen and oxygen atoms in total. The molecule has 0 heterocycles. The molecule has 0 saturated carbocycles. The van der Waals surface area contributed by atoms with E-state index in [1.54, 1.807) is 0 Å². The maximum Gasteiger partial charge on any atom is 0.0913 e. The van der Waals surface area contributed by atoms with Crippen LogP contribution >= 0.6 is 0 Å². The molecule has 4 heteroatoms. The third-order valence-electron chi connectivity index (χ3n) is 4.13. The van der Waals surface area contributed by atoms with Crippen LogP contribution in [0.1, 0.15) is 112 Å². The lowest BCUT2D eigenvalue weighted by molar-refractivity contribution is -0.204. The number of rotatable bonds is 11. The van der Waals surface area contributed by atoms with E-state index in [-0.39, 0.29) is 43.7 Å². The highest BCUT2D eigenvalue weighted by Crippen LogP contribution is 2.31. The van der Waals surface area contributed by atoms with Gasteiger partial charge in [-0.1, -0.05) is 28.7 Å². The summed E-state index contributed by atoms with van der Waals surface area (Å²) in [6.07, 6.45) is 1.05. The van der Waals surface area contributed by atoms with Gasteiger partial charge in [0.25, 0.3) is 0 Å². The molecular weight excluding hydrogens is 364 g/mol. The van der Waals surface area contributed by atoms with Gasteiger partial charge in [0.05, 0.1) is 48.8 Å².